The van der Waals surface area contributed by atoms with Crippen LogP contribution in [0.4, 0.5) is 13.2 Å². The summed E-state index contributed by atoms with van der Waals surface area (Å²) in [6.07, 6.45) is -4.82. The molecule has 0 amide bonds. The third-order valence-corrected chi connectivity index (χ3v) is 5.58. The number of alkyl halides is 3. The van der Waals surface area contributed by atoms with E-state index in [1.165, 1.54) is 11.3 Å². The number of thiophene rings is 1. The molecule has 1 heterocycles. The van der Waals surface area contributed by atoms with E-state index in [0.29, 0.717) is 0 Å². The van der Waals surface area contributed by atoms with E-state index >= 15 is 0 Å². The Morgan fingerprint density at radius 2 is 1.75 bits per heavy atom. The van der Waals surface area contributed by atoms with E-state index < -0.39 is 28.2 Å². The molecule has 24 heavy (non-hydrogen) atoms. The Morgan fingerprint density at radius 3 is 2.21 bits per heavy atom. The topological polar surface area (TPSA) is 55.4 Å². The zero-order valence-electron chi connectivity index (χ0n) is 12.9. The molecule has 0 spiro atoms. The van der Waals surface area contributed by atoms with Gasteiger partial charge in [-0.25, -0.2) is 13.1 Å². The van der Waals surface area contributed by atoms with E-state index in [1.54, 1.807) is 0 Å². The first-order valence-electron chi connectivity index (χ1n) is 7.00. The zero-order chi connectivity index (χ0) is 18.0. The predicted octanol–water partition coefficient (Wildman–Crippen LogP) is 4.32. The Balaban J connectivity index is 2.20. The summed E-state index contributed by atoms with van der Waals surface area (Å²) >= 11 is 1.43. The highest BCUT2D eigenvalue weighted by Gasteiger charge is 2.31. The Kier molecular flexibility index (Phi) is 5.56. The summed E-state index contributed by atoms with van der Waals surface area (Å²) in [5.41, 5.74) is 0. The molecule has 1 N–H and O–H groups in total. The van der Waals surface area contributed by atoms with Gasteiger partial charge in [-0.1, -0.05) is 19.9 Å². The molecule has 1 aromatic heterocycles. The summed E-state index contributed by atoms with van der Waals surface area (Å²) in [6.45, 7) is 3.76. The quantitative estimate of drug-likeness (QED) is 0.813. The first-order valence-corrected chi connectivity index (χ1v) is 9.36. The van der Waals surface area contributed by atoms with Gasteiger partial charge in [0.2, 0.25) is 10.0 Å². The average Bonchev–Trinajstić information content (AvgIpc) is 2.97. The lowest BCUT2D eigenvalue weighted by atomic mass is 10.0. The molecule has 0 aliphatic rings. The van der Waals surface area contributed by atoms with Crippen molar-refractivity contribution in [3.05, 3.63) is 46.7 Å². The molecule has 2 aromatic rings. The highest BCUT2D eigenvalue weighted by Crippen LogP contribution is 2.29. The third kappa shape index (κ3) is 4.96. The Hall–Kier alpha value is -1.58. The van der Waals surface area contributed by atoms with Gasteiger partial charge >= 0.3 is 6.36 Å². The van der Waals surface area contributed by atoms with Crippen LogP contribution < -0.4 is 9.46 Å². The summed E-state index contributed by atoms with van der Waals surface area (Å²) in [7, 11) is -3.87. The van der Waals surface area contributed by atoms with Crippen LogP contribution in [0.25, 0.3) is 0 Å². The second-order valence-corrected chi connectivity index (χ2v) is 8.07. The summed E-state index contributed by atoms with van der Waals surface area (Å²) in [5, 5.41) is 1.85. The fourth-order valence-electron chi connectivity index (χ4n) is 2.05. The van der Waals surface area contributed by atoms with Crippen molar-refractivity contribution < 1.29 is 26.3 Å². The van der Waals surface area contributed by atoms with Crippen molar-refractivity contribution in [1.82, 2.24) is 4.72 Å². The van der Waals surface area contributed by atoms with E-state index in [1.807, 2.05) is 31.4 Å². The van der Waals surface area contributed by atoms with Crippen molar-refractivity contribution >= 4 is 21.4 Å². The molecule has 4 nitrogen and oxygen atoms in total. The van der Waals surface area contributed by atoms with E-state index in [0.717, 1.165) is 29.1 Å². The molecule has 1 atom stereocenters. The normalized spacial score (nSPS) is 13.9. The monoisotopic (exact) mass is 379 g/mol. The molecule has 2 rings (SSSR count). The highest BCUT2D eigenvalue weighted by molar-refractivity contribution is 7.89. The molecule has 0 radical (unpaired) electrons. The van der Waals surface area contributed by atoms with E-state index in [4.69, 9.17) is 0 Å². The number of hydrogen-bond acceptors (Lipinski definition) is 4. The molecule has 0 saturated carbocycles. The molecule has 132 valence electrons. The van der Waals surface area contributed by atoms with Crippen LogP contribution in [-0.2, 0) is 10.0 Å². The summed E-state index contributed by atoms with van der Waals surface area (Å²) < 4.78 is 67.7. The van der Waals surface area contributed by atoms with Crippen molar-refractivity contribution in [3.63, 3.8) is 0 Å². The second kappa shape index (κ2) is 7.12. The van der Waals surface area contributed by atoms with Crippen molar-refractivity contribution in [2.24, 2.45) is 5.92 Å². The van der Waals surface area contributed by atoms with Crippen LogP contribution in [0, 0.1) is 5.92 Å². The number of rotatable bonds is 6. The maximum Gasteiger partial charge on any atom is 0.573 e. The summed E-state index contributed by atoms with van der Waals surface area (Å²) in [6, 6.07) is 7.34. The van der Waals surface area contributed by atoms with Crippen LogP contribution in [0.3, 0.4) is 0 Å². The largest absolute Gasteiger partial charge is 0.573 e. The number of benzene rings is 1. The van der Waals surface area contributed by atoms with Crippen LogP contribution in [0.1, 0.15) is 24.8 Å². The molecule has 9 heteroatoms. The second-order valence-electron chi connectivity index (χ2n) is 5.38. The standard InChI is InChI=1S/C15H16F3NO3S2/c1-10(2)14(13-4-3-9-23-13)19-24(20,21)12-7-5-11(6-8-12)22-15(16,17)18/h3-10,14,19H,1-2H3/t14-/m1/s1. The van der Waals surface area contributed by atoms with Gasteiger partial charge in [-0.05, 0) is 41.6 Å². The first-order chi connectivity index (χ1) is 11.1. The van der Waals surface area contributed by atoms with Gasteiger partial charge in [-0.2, -0.15) is 0 Å². The first kappa shape index (κ1) is 18.8. The molecule has 1 aromatic carbocycles. The van der Waals surface area contributed by atoms with Gasteiger partial charge in [-0.3, -0.25) is 0 Å². The minimum atomic E-state index is -4.82. The summed E-state index contributed by atoms with van der Waals surface area (Å²) in [5.74, 6) is -0.466. The van der Waals surface area contributed by atoms with Gasteiger partial charge < -0.3 is 4.74 Å². The molecular formula is C15H16F3NO3S2. The fraction of sp³-hybridized carbons (Fsp3) is 0.333. The molecule has 0 aliphatic carbocycles. The van der Waals surface area contributed by atoms with Crippen molar-refractivity contribution in [2.45, 2.75) is 31.1 Å². The van der Waals surface area contributed by atoms with E-state index in [-0.39, 0.29) is 10.8 Å². The Bertz CT molecular complexity index is 754. The number of sulfonamides is 1. The fourth-order valence-corrected chi connectivity index (χ4v) is 4.43. The van der Waals surface area contributed by atoms with Crippen LogP contribution in [0.2, 0.25) is 0 Å². The van der Waals surface area contributed by atoms with Crippen LogP contribution in [0.5, 0.6) is 5.75 Å². The maximum atomic E-state index is 12.5. The van der Waals surface area contributed by atoms with Crippen LogP contribution in [0.15, 0.2) is 46.7 Å². The third-order valence-electron chi connectivity index (χ3n) is 3.17. The van der Waals surface area contributed by atoms with E-state index in [9.17, 15) is 21.6 Å². The van der Waals surface area contributed by atoms with Crippen LogP contribution >= 0.6 is 11.3 Å². The molecule has 0 aliphatic heterocycles. The van der Waals surface area contributed by atoms with Gasteiger partial charge in [0.15, 0.2) is 0 Å². The predicted molar refractivity (Wildman–Crippen MR) is 85.3 cm³/mol. The molecule has 0 saturated heterocycles. The maximum absolute atomic E-state index is 12.5. The van der Waals surface area contributed by atoms with Gasteiger partial charge in [0.25, 0.3) is 0 Å². The van der Waals surface area contributed by atoms with E-state index in [2.05, 4.69) is 9.46 Å². The summed E-state index contributed by atoms with van der Waals surface area (Å²) in [4.78, 5) is 0.741. The SMILES string of the molecule is CC(C)[C@@H](NS(=O)(=O)c1ccc(OC(F)(F)F)cc1)c1cccs1. The lowest BCUT2D eigenvalue weighted by Crippen LogP contribution is -2.31. The van der Waals surface area contributed by atoms with Crippen molar-refractivity contribution in [1.29, 1.82) is 0 Å². The highest BCUT2D eigenvalue weighted by atomic mass is 32.2. The Morgan fingerprint density at radius 1 is 1.12 bits per heavy atom. The molecular weight excluding hydrogens is 363 g/mol. The zero-order valence-corrected chi connectivity index (χ0v) is 14.5. The van der Waals surface area contributed by atoms with Crippen molar-refractivity contribution in [2.75, 3.05) is 0 Å². The lowest BCUT2D eigenvalue weighted by molar-refractivity contribution is -0.274. The van der Waals surface area contributed by atoms with Gasteiger partial charge in [0, 0.05) is 4.88 Å². The number of hydrogen-bond donors (Lipinski definition) is 1. The van der Waals surface area contributed by atoms with Gasteiger partial charge in [-0.15, -0.1) is 24.5 Å². The lowest BCUT2D eigenvalue weighted by Gasteiger charge is -2.21. The Labute approximate surface area is 142 Å². The number of nitrogens with one attached hydrogen (secondary N) is 1. The van der Waals surface area contributed by atoms with Crippen LogP contribution in [-0.4, -0.2) is 14.8 Å². The van der Waals surface area contributed by atoms with Gasteiger partial charge in [0.05, 0.1) is 10.9 Å². The number of ether oxygens (including phenoxy) is 1. The minimum Gasteiger partial charge on any atom is -0.406 e. The molecule has 0 fully saturated rings. The van der Waals surface area contributed by atoms with Crippen molar-refractivity contribution in [3.8, 4) is 5.75 Å². The number of halogens is 3. The van der Waals surface area contributed by atoms with Gasteiger partial charge in [0.1, 0.15) is 5.75 Å². The smallest absolute Gasteiger partial charge is 0.406 e. The molecule has 0 bridgehead atoms. The molecule has 0 unspecified atom stereocenters. The minimum absolute atomic E-state index is 0.00580. The average molecular weight is 379 g/mol.